The van der Waals surface area contributed by atoms with Gasteiger partial charge in [0, 0.05) is 18.5 Å². The van der Waals surface area contributed by atoms with Gasteiger partial charge >= 0.3 is 0 Å². The van der Waals surface area contributed by atoms with Crippen molar-refractivity contribution in [2.24, 2.45) is 17.6 Å². The fraction of sp³-hybridized carbons (Fsp3) is 0.562. The van der Waals surface area contributed by atoms with E-state index in [0.29, 0.717) is 11.8 Å². The minimum absolute atomic E-state index is 0.0161. The van der Waals surface area contributed by atoms with Crippen molar-refractivity contribution in [3.8, 4) is 5.75 Å². The zero-order valence-electron chi connectivity index (χ0n) is 11.7. The Kier molecular flexibility index (Phi) is 3.92. The molecule has 4 nitrogen and oxygen atoms in total. The van der Waals surface area contributed by atoms with Crippen molar-refractivity contribution in [2.75, 3.05) is 19.7 Å². The number of hydrogen-bond donors (Lipinski definition) is 2. The molecule has 0 aromatic heterocycles. The predicted molar refractivity (Wildman–Crippen MR) is 77.9 cm³/mol. The third-order valence-corrected chi connectivity index (χ3v) is 4.60. The lowest BCUT2D eigenvalue weighted by Gasteiger charge is -2.18. The van der Waals surface area contributed by atoms with Gasteiger partial charge in [0.05, 0.1) is 6.61 Å². The van der Waals surface area contributed by atoms with Gasteiger partial charge in [-0.2, -0.15) is 0 Å². The molecule has 1 amide bonds. The van der Waals surface area contributed by atoms with Gasteiger partial charge < -0.3 is 15.8 Å². The van der Waals surface area contributed by atoms with Gasteiger partial charge in [-0.05, 0) is 55.0 Å². The molecule has 2 atom stereocenters. The molecule has 1 heterocycles. The van der Waals surface area contributed by atoms with E-state index in [9.17, 15) is 4.79 Å². The SMILES string of the molecule is NCC1CCCC1CNC(=O)c1ccc2c(c1)CCO2. The highest BCUT2D eigenvalue weighted by Gasteiger charge is 2.26. The smallest absolute Gasteiger partial charge is 0.251 e. The lowest BCUT2D eigenvalue weighted by Crippen LogP contribution is -2.32. The normalized spacial score (nSPS) is 24.2. The zero-order chi connectivity index (χ0) is 13.9. The molecule has 1 aliphatic carbocycles. The molecule has 0 spiro atoms. The Morgan fingerprint density at radius 1 is 1.35 bits per heavy atom. The van der Waals surface area contributed by atoms with Crippen LogP contribution in [0, 0.1) is 11.8 Å². The summed E-state index contributed by atoms with van der Waals surface area (Å²) in [7, 11) is 0. The van der Waals surface area contributed by atoms with E-state index >= 15 is 0 Å². The monoisotopic (exact) mass is 274 g/mol. The highest BCUT2D eigenvalue weighted by molar-refractivity contribution is 5.94. The van der Waals surface area contributed by atoms with E-state index in [1.54, 1.807) is 0 Å². The van der Waals surface area contributed by atoms with Crippen molar-refractivity contribution < 1.29 is 9.53 Å². The van der Waals surface area contributed by atoms with Gasteiger partial charge in [0.15, 0.2) is 0 Å². The highest BCUT2D eigenvalue weighted by atomic mass is 16.5. The fourth-order valence-electron chi connectivity index (χ4n) is 3.35. The molecular formula is C16H22N2O2. The first-order chi connectivity index (χ1) is 9.78. The maximum absolute atomic E-state index is 12.2. The second-order valence-electron chi connectivity index (χ2n) is 5.82. The Morgan fingerprint density at radius 2 is 2.20 bits per heavy atom. The largest absolute Gasteiger partial charge is 0.493 e. The van der Waals surface area contributed by atoms with Crippen molar-refractivity contribution in [1.82, 2.24) is 5.32 Å². The topological polar surface area (TPSA) is 64.3 Å². The molecule has 3 rings (SSSR count). The summed E-state index contributed by atoms with van der Waals surface area (Å²) in [6, 6.07) is 5.69. The van der Waals surface area contributed by atoms with Crippen LogP contribution in [0.5, 0.6) is 5.75 Å². The molecule has 1 saturated carbocycles. The van der Waals surface area contributed by atoms with Crippen LogP contribution in [0.4, 0.5) is 0 Å². The van der Waals surface area contributed by atoms with E-state index in [4.69, 9.17) is 10.5 Å². The first-order valence-electron chi connectivity index (χ1n) is 7.52. The van der Waals surface area contributed by atoms with Gasteiger partial charge in [0.1, 0.15) is 5.75 Å². The number of nitrogens with one attached hydrogen (secondary N) is 1. The van der Waals surface area contributed by atoms with Crippen LogP contribution < -0.4 is 15.8 Å². The van der Waals surface area contributed by atoms with Crippen LogP contribution in [0.3, 0.4) is 0 Å². The Bertz CT molecular complexity index is 501. The molecule has 20 heavy (non-hydrogen) atoms. The Labute approximate surface area is 119 Å². The summed E-state index contributed by atoms with van der Waals surface area (Å²) >= 11 is 0. The highest BCUT2D eigenvalue weighted by Crippen LogP contribution is 2.30. The third kappa shape index (κ3) is 2.66. The quantitative estimate of drug-likeness (QED) is 0.879. The molecule has 0 radical (unpaired) electrons. The van der Waals surface area contributed by atoms with E-state index in [2.05, 4.69) is 5.32 Å². The molecule has 4 heteroatoms. The second-order valence-corrected chi connectivity index (χ2v) is 5.82. The number of carbonyl (C=O) groups is 1. The number of amides is 1. The summed E-state index contributed by atoms with van der Waals surface area (Å²) in [5, 5.41) is 3.06. The molecule has 108 valence electrons. The minimum atomic E-state index is 0.0161. The van der Waals surface area contributed by atoms with Crippen LogP contribution in [0.2, 0.25) is 0 Å². The van der Waals surface area contributed by atoms with Gasteiger partial charge in [-0.3, -0.25) is 4.79 Å². The standard InChI is InChI=1S/C16H22N2O2/c17-9-13-2-1-3-14(13)10-18-16(19)12-4-5-15-11(8-12)6-7-20-15/h4-5,8,13-14H,1-3,6-7,9-10,17H2,(H,18,19). The van der Waals surface area contributed by atoms with Crippen LogP contribution in [0.15, 0.2) is 18.2 Å². The molecule has 1 aromatic carbocycles. The molecule has 2 unspecified atom stereocenters. The summed E-state index contributed by atoms with van der Waals surface area (Å²) in [6.45, 7) is 2.20. The zero-order valence-corrected chi connectivity index (χ0v) is 11.7. The summed E-state index contributed by atoms with van der Waals surface area (Å²) in [5.41, 5.74) is 7.65. The van der Waals surface area contributed by atoms with Gasteiger partial charge in [0.25, 0.3) is 5.91 Å². The molecule has 0 bridgehead atoms. The van der Waals surface area contributed by atoms with E-state index in [0.717, 1.165) is 43.0 Å². The van der Waals surface area contributed by atoms with Crippen LogP contribution in [0.25, 0.3) is 0 Å². The van der Waals surface area contributed by atoms with Crippen LogP contribution in [0.1, 0.15) is 35.2 Å². The molecule has 0 saturated heterocycles. The Morgan fingerprint density at radius 3 is 3.05 bits per heavy atom. The van der Waals surface area contributed by atoms with E-state index in [1.807, 2.05) is 18.2 Å². The van der Waals surface area contributed by atoms with Crippen LogP contribution >= 0.6 is 0 Å². The number of carbonyl (C=O) groups excluding carboxylic acids is 1. The lowest BCUT2D eigenvalue weighted by atomic mass is 9.96. The summed E-state index contributed by atoms with van der Waals surface area (Å²) in [6.07, 6.45) is 4.51. The van der Waals surface area contributed by atoms with E-state index in [-0.39, 0.29) is 5.91 Å². The fourth-order valence-corrected chi connectivity index (χ4v) is 3.35. The predicted octanol–water partition coefficient (Wildman–Crippen LogP) is 1.73. The van der Waals surface area contributed by atoms with Crippen molar-refractivity contribution in [3.63, 3.8) is 0 Å². The molecule has 1 fully saturated rings. The Balaban J connectivity index is 1.59. The third-order valence-electron chi connectivity index (χ3n) is 4.60. The van der Waals surface area contributed by atoms with Crippen molar-refractivity contribution in [3.05, 3.63) is 29.3 Å². The van der Waals surface area contributed by atoms with Crippen LogP contribution in [-0.2, 0) is 6.42 Å². The maximum atomic E-state index is 12.2. The molecular weight excluding hydrogens is 252 g/mol. The molecule has 3 N–H and O–H groups in total. The van der Waals surface area contributed by atoms with Crippen molar-refractivity contribution in [2.45, 2.75) is 25.7 Å². The Hall–Kier alpha value is -1.55. The van der Waals surface area contributed by atoms with E-state index < -0.39 is 0 Å². The number of benzene rings is 1. The van der Waals surface area contributed by atoms with E-state index in [1.165, 1.54) is 19.3 Å². The van der Waals surface area contributed by atoms with Gasteiger partial charge in [0.2, 0.25) is 0 Å². The average Bonchev–Trinajstić information content (AvgIpc) is 3.12. The molecule has 1 aliphatic heterocycles. The number of nitrogens with two attached hydrogens (primary N) is 1. The van der Waals surface area contributed by atoms with Gasteiger partial charge in [-0.15, -0.1) is 0 Å². The number of fused-ring (bicyclic) bond motifs is 1. The minimum Gasteiger partial charge on any atom is -0.493 e. The van der Waals surface area contributed by atoms with Gasteiger partial charge in [-0.1, -0.05) is 6.42 Å². The maximum Gasteiger partial charge on any atom is 0.251 e. The first-order valence-corrected chi connectivity index (χ1v) is 7.52. The number of rotatable bonds is 4. The first kappa shape index (κ1) is 13.4. The lowest BCUT2D eigenvalue weighted by molar-refractivity contribution is 0.0944. The molecule has 2 aliphatic rings. The number of ether oxygens (including phenoxy) is 1. The van der Waals surface area contributed by atoms with Crippen molar-refractivity contribution in [1.29, 1.82) is 0 Å². The summed E-state index contributed by atoms with van der Waals surface area (Å²) in [4.78, 5) is 12.2. The average molecular weight is 274 g/mol. The summed E-state index contributed by atoms with van der Waals surface area (Å²) < 4.78 is 5.46. The van der Waals surface area contributed by atoms with Crippen LogP contribution in [-0.4, -0.2) is 25.6 Å². The number of hydrogen-bond acceptors (Lipinski definition) is 3. The molecule has 1 aromatic rings. The second kappa shape index (κ2) is 5.83. The van der Waals surface area contributed by atoms with Gasteiger partial charge in [-0.25, -0.2) is 0 Å². The van der Waals surface area contributed by atoms with Crippen molar-refractivity contribution >= 4 is 5.91 Å². The summed E-state index contributed by atoms with van der Waals surface area (Å²) in [5.74, 6) is 2.05.